The van der Waals surface area contributed by atoms with Gasteiger partial charge in [-0.15, -0.1) is 0 Å². The summed E-state index contributed by atoms with van der Waals surface area (Å²) in [5.74, 6) is 0.122. The fraction of sp³-hybridized carbons (Fsp3) is 0.923. The summed E-state index contributed by atoms with van der Waals surface area (Å²) in [6, 6.07) is 0. The summed E-state index contributed by atoms with van der Waals surface area (Å²) >= 11 is 0. The Morgan fingerprint density at radius 3 is 2.76 bits per heavy atom. The van der Waals surface area contributed by atoms with E-state index in [0.717, 1.165) is 25.7 Å². The van der Waals surface area contributed by atoms with E-state index in [1.165, 1.54) is 0 Å². The largest absolute Gasteiger partial charge is 0.370 e. The van der Waals surface area contributed by atoms with Gasteiger partial charge in [-0.25, -0.2) is 0 Å². The zero-order chi connectivity index (χ0) is 11.5. The molecule has 4 nitrogen and oxygen atoms in total. The van der Waals surface area contributed by atoms with E-state index in [4.69, 9.17) is 14.2 Å². The number of Topliss-reactive ketones (excluding diaryl/α,β-unsaturated/α-hetero) is 1. The van der Waals surface area contributed by atoms with Crippen molar-refractivity contribution in [2.75, 3.05) is 13.2 Å². The van der Waals surface area contributed by atoms with Crippen LogP contribution in [0.3, 0.4) is 0 Å². The third-order valence-corrected chi connectivity index (χ3v) is 4.83. The van der Waals surface area contributed by atoms with Crippen LogP contribution in [0.2, 0.25) is 0 Å². The third-order valence-electron chi connectivity index (χ3n) is 4.83. The van der Waals surface area contributed by atoms with Crippen molar-refractivity contribution in [1.29, 1.82) is 0 Å². The molecule has 0 amide bonds. The molecule has 4 atom stereocenters. The monoisotopic (exact) mass is 238 g/mol. The first-order chi connectivity index (χ1) is 8.28. The highest BCUT2D eigenvalue weighted by Crippen LogP contribution is 2.50. The molecule has 2 heterocycles. The number of epoxide rings is 1. The Morgan fingerprint density at radius 1 is 1.12 bits per heavy atom. The van der Waals surface area contributed by atoms with Gasteiger partial charge in [0, 0.05) is 12.8 Å². The Morgan fingerprint density at radius 2 is 1.94 bits per heavy atom. The summed E-state index contributed by atoms with van der Waals surface area (Å²) in [5.41, 5.74) is 0. The first-order valence-corrected chi connectivity index (χ1v) is 6.75. The number of hydrogen-bond acceptors (Lipinski definition) is 4. The van der Waals surface area contributed by atoms with E-state index in [1.807, 2.05) is 0 Å². The van der Waals surface area contributed by atoms with Crippen molar-refractivity contribution in [2.45, 2.75) is 50.1 Å². The number of ether oxygens (including phenoxy) is 3. The zero-order valence-electron chi connectivity index (χ0n) is 9.89. The Balaban J connectivity index is 1.68. The normalized spacial score (nSPS) is 47.4. The van der Waals surface area contributed by atoms with Crippen LogP contribution in [0.5, 0.6) is 0 Å². The van der Waals surface area contributed by atoms with Crippen molar-refractivity contribution in [3.8, 4) is 0 Å². The van der Waals surface area contributed by atoms with Crippen molar-refractivity contribution in [3.63, 3.8) is 0 Å². The van der Waals surface area contributed by atoms with Gasteiger partial charge >= 0.3 is 0 Å². The highest BCUT2D eigenvalue weighted by Gasteiger charge is 2.58. The standard InChI is InChI=1S/C13H18O4/c14-9-2-1-8-7-11-10(17-11)3-4-13(12(8)9)15-5-6-16-13/h8,10-12H,1-7H2/t8-,10-,11+,12-/m0/s1. The lowest BCUT2D eigenvalue weighted by Crippen LogP contribution is -2.46. The first kappa shape index (κ1) is 10.5. The minimum atomic E-state index is -0.602. The predicted molar refractivity (Wildman–Crippen MR) is 58.4 cm³/mol. The summed E-state index contributed by atoms with van der Waals surface area (Å²) in [4.78, 5) is 12.2. The predicted octanol–water partition coefficient (Wildman–Crippen LogP) is 1.28. The van der Waals surface area contributed by atoms with Crippen LogP contribution in [-0.4, -0.2) is 37.0 Å². The molecule has 0 aromatic heterocycles. The zero-order valence-corrected chi connectivity index (χ0v) is 9.89. The van der Waals surface area contributed by atoms with Crippen LogP contribution in [0, 0.1) is 11.8 Å². The van der Waals surface area contributed by atoms with E-state index < -0.39 is 5.79 Å². The molecule has 1 spiro atoms. The van der Waals surface area contributed by atoms with Crippen LogP contribution in [-0.2, 0) is 19.0 Å². The number of carbonyl (C=O) groups excluding carboxylic acids is 1. The van der Waals surface area contributed by atoms with Gasteiger partial charge < -0.3 is 14.2 Å². The fourth-order valence-electron chi connectivity index (χ4n) is 4.00. The quantitative estimate of drug-likeness (QED) is 0.596. The van der Waals surface area contributed by atoms with Crippen molar-refractivity contribution < 1.29 is 19.0 Å². The second-order valence-corrected chi connectivity index (χ2v) is 5.74. The summed E-state index contributed by atoms with van der Waals surface area (Å²) in [5, 5.41) is 0. The van der Waals surface area contributed by atoms with E-state index in [2.05, 4.69) is 0 Å². The molecule has 2 aliphatic carbocycles. The molecule has 94 valence electrons. The van der Waals surface area contributed by atoms with Crippen LogP contribution in [0.15, 0.2) is 0 Å². The van der Waals surface area contributed by atoms with Gasteiger partial charge in [-0.2, -0.15) is 0 Å². The summed E-state index contributed by atoms with van der Waals surface area (Å²) in [6.45, 7) is 1.26. The lowest BCUT2D eigenvalue weighted by atomic mass is 9.79. The Bertz CT molecular complexity index is 347. The molecule has 0 bridgehead atoms. The Kier molecular flexibility index (Phi) is 2.17. The molecular formula is C13H18O4. The van der Waals surface area contributed by atoms with Crippen LogP contribution in [0.25, 0.3) is 0 Å². The van der Waals surface area contributed by atoms with Gasteiger partial charge in [0.15, 0.2) is 5.79 Å². The molecule has 0 aromatic carbocycles. The number of ketones is 1. The average Bonchev–Trinajstić information content (AvgIpc) is 2.73. The molecule has 2 aliphatic heterocycles. The van der Waals surface area contributed by atoms with Gasteiger partial charge in [-0.1, -0.05) is 0 Å². The lowest BCUT2D eigenvalue weighted by Gasteiger charge is -2.36. The van der Waals surface area contributed by atoms with Crippen molar-refractivity contribution in [2.24, 2.45) is 11.8 Å². The molecule has 4 fully saturated rings. The fourth-order valence-corrected chi connectivity index (χ4v) is 4.00. The number of fused-ring (bicyclic) bond motifs is 3. The van der Waals surface area contributed by atoms with Crippen LogP contribution in [0.1, 0.15) is 32.1 Å². The Labute approximate surface area is 101 Å². The van der Waals surface area contributed by atoms with Crippen LogP contribution in [0.4, 0.5) is 0 Å². The smallest absolute Gasteiger partial charge is 0.178 e. The minimum Gasteiger partial charge on any atom is -0.370 e. The van der Waals surface area contributed by atoms with Gasteiger partial charge in [0.2, 0.25) is 0 Å². The molecule has 0 aromatic rings. The van der Waals surface area contributed by atoms with Gasteiger partial charge in [0.1, 0.15) is 5.78 Å². The maximum Gasteiger partial charge on any atom is 0.178 e. The summed E-state index contributed by atoms with van der Waals surface area (Å²) in [6.07, 6.45) is 5.31. The van der Waals surface area contributed by atoms with Crippen LogP contribution >= 0.6 is 0 Å². The van der Waals surface area contributed by atoms with Crippen molar-refractivity contribution in [3.05, 3.63) is 0 Å². The summed E-state index contributed by atoms with van der Waals surface area (Å²) < 4.78 is 17.4. The molecule has 0 unspecified atom stereocenters. The first-order valence-electron chi connectivity index (χ1n) is 6.75. The van der Waals surface area contributed by atoms with E-state index in [9.17, 15) is 4.79 Å². The van der Waals surface area contributed by atoms with E-state index in [-0.39, 0.29) is 5.92 Å². The summed E-state index contributed by atoms with van der Waals surface area (Å²) in [7, 11) is 0. The molecule has 2 saturated heterocycles. The molecule has 0 radical (unpaired) electrons. The van der Waals surface area contributed by atoms with Gasteiger partial charge in [-0.3, -0.25) is 4.79 Å². The Hall–Kier alpha value is -0.450. The van der Waals surface area contributed by atoms with Gasteiger partial charge in [0.05, 0.1) is 31.3 Å². The maximum atomic E-state index is 12.2. The molecule has 0 N–H and O–H groups in total. The molecule has 17 heavy (non-hydrogen) atoms. The number of rotatable bonds is 0. The molecular weight excluding hydrogens is 220 g/mol. The van der Waals surface area contributed by atoms with E-state index in [1.54, 1.807) is 0 Å². The number of hydrogen-bond donors (Lipinski definition) is 0. The highest BCUT2D eigenvalue weighted by atomic mass is 16.7. The second-order valence-electron chi connectivity index (χ2n) is 5.74. The van der Waals surface area contributed by atoms with Gasteiger partial charge in [-0.05, 0) is 25.2 Å². The molecule has 2 saturated carbocycles. The van der Waals surface area contributed by atoms with Crippen LogP contribution < -0.4 is 0 Å². The van der Waals surface area contributed by atoms with Crippen molar-refractivity contribution in [1.82, 2.24) is 0 Å². The van der Waals surface area contributed by atoms with Crippen molar-refractivity contribution >= 4 is 5.78 Å². The molecule has 4 aliphatic rings. The van der Waals surface area contributed by atoms with Gasteiger partial charge in [0.25, 0.3) is 0 Å². The molecule has 4 heteroatoms. The third kappa shape index (κ3) is 1.51. The topological polar surface area (TPSA) is 48.1 Å². The lowest BCUT2D eigenvalue weighted by molar-refractivity contribution is -0.208. The SMILES string of the molecule is O=C1CC[C@H]2C[C@H]3O[C@H]3CCC3(OCCO3)[C@H]12. The van der Waals surface area contributed by atoms with E-state index in [0.29, 0.717) is 43.5 Å². The van der Waals surface area contributed by atoms with E-state index >= 15 is 0 Å². The maximum absolute atomic E-state index is 12.2. The highest BCUT2D eigenvalue weighted by molar-refractivity contribution is 5.84. The molecule has 4 rings (SSSR count). The second kappa shape index (κ2) is 3.53. The minimum absolute atomic E-state index is 0.0323. The number of carbonyl (C=O) groups is 1. The average molecular weight is 238 g/mol.